The first kappa shape index (κ1) is 18.0. The van der Waals surface area contributed by atoms with Crippen LogP contribution < -0.4 is 10.9 Å². The van der Waals surface area contributed by atoms with Gasteiger partial charge in [-0.25, -0.2) is 9.67 Å². The molecule has 29 heavy (non-hydrogen) atoms. The van der Waals surface area contributed by atoms with Gasteiger partial charge in [0, 0.05) is 11.5 Å². The minimum Gasteiger partial charge on any atom is -0.377 e. The number of benzene rings is 1. The highest BCUT2D eigenvalue weighted by molar-refractivity contribution is 5.95. The fraction of sp³-hybridized carbons (Fsp3) is 0.364. The fourth-order valence-electron chi connectivity index (χ4n) is 4.17. The van der Waals surface area contributed by atoms with Gasteiger partial charge < -0.3 is 10.1 Å². The van der Waals surface area contributed by atoms with Gasteiger partial charge in [0.25, 0.3) is 11.5 Å². The molecule has 7 nitrogen and oxygen atoms in total. The number of amides is 1. The molecule has 2 unspecified atom stereocenters. The lowest BCUT2D eigenvalue weighted by atomic mass is 9.97. The molecule has 2 aromatic heterocycles. The van der Waals surface area contributed by atoms with Gasteiger partial charge in [-0.3, -0.25) is 9.59 Å². The minimum absolute atomic E-state index is 0.135. The Bertz CT molecular complexity index is 1140. The molecule has 3 heterocycles. The zero-order chi connectivity index (χ0) is 19.8. The van der Waals surface area contributed by atoms with E-state index >= 15 is 0 Å². The summed E-state index contributed by atoms with van der Waals surface area (Å²) < 4.78 is 7.09. The zero-order valence-corrected chi connectivity index (χ0v) is 16.0. The van der Waals surface area contributed by atoms with Crippen LogP contribution in [-0.4, -0.2) is 39.9 Å². The summed E-state index contributed by atoms with van der Waals surface area (Å²) in [6, 6.07) is 12.3. The zero-order valence-electron chi connectivity index (χ0n) is 16.0. The Hall–Kier alpha value is -3.06. The standard InChI is InChI=1S/C22H22N4O3/c27-21-11-15-6-2-4-8-17(15)25-26(21)20-13-29-12-19(20)24-22(28)18-10-9-14-5-1-3-7-16(14)23-18/h1,3,5,7,9-11,19-20H,2,4,6,8,12-13H2,(H,24,28). The molecule has 5 rings (SSSR count). The number of pyridine rings is 1. The number of carbonyl (C=O) groups is 1. The summed E-state index contributed by atoms with van der Waals surface area (Å²) in [7, 11) is 0. The molecule has 1 aliphatic carbocycles. The van der Waals surface area contributed by atoms with Crippen LogP contribution in [0.25, 0.3) is 10.9 Å². The molecular weight excluding hydrogens is 368 g/mol. The number of fused-ring (bicyclic) bond motifs is 2. The Labute approximate surface area is 167 Å². The van der Waals surface area contributed by atoms with Crippen molar-refractivity contribution < 1.29 is 9.53 Å². The number of nitrogens with zero attached hydrogens (tertiary/aromatic N) is 3. The lowest BCUT2D eigenvalue weighted by Crippen LogP contribution is -2.44. The molecule has 0 bridgehead atoms. The highest BCUT2D eigenvalue weighted by Crippen LogP contribution is 2.22. The number of para-hydroxylation sites is 1. The van der Waals surface area contributed by atoms with Gasteiger partial charge in [0.1, 0.15) is 11.7 Å². The summed E-state index contributed by atoms with van der Waals surface area (Å²) in [6.45, 7) is 0.691. The van der Waals surface area contributed by atoms with Crippen LogP contribution in [0.15, 0.2) is 47.3 Å². The number of hydrogen-bond donors (Lipinski definition) is 1. The van der Waals surface area contributed by atoms with E-state index in [0.717, 1.165) is 47.8 Å². The molecule has 2 aliphatic rings. The normalized spacial score (nSPS) is 21.1. The Morgan fingerprint density at radius 1 is 1.10 bits per heavy atom. The third kappa shape index (κ3) is 3.42. The highest BCUT2D eigenvalue weighted by Gasteiger charge is 2.33. The monoisotopic (exact) mass is 390 g/mol. The number of carbonyl (C=O) groups excluding carboxylic acids is 1. The van der Waals surface area contributed by atoms with E-state index in [0.29, 0.717) is 18.9 Å². The van der Waals surface area contributed by atoms with Crippen molar-refractivity contribution in [2.24, 2.45) is 0 Å². The Morgan fingerprint density at radius 2 is 1.97 bits per heavy atom. The van der Waals surface area contributed by atoms with Crippen LogP contribution in [0.3, 0.4) is 0 Å². The molecule has 0 spiro atoms. The second-order valence-corrected chi connectivity index (χ2v) is 7.68. The molecule has 1 N–H and O–H groups in total. The van der Waals surface area contributed by atoms with Crippen LogP contribution in [-0.2, 0) is 17.6 Å². The molecule has 0 radical (unpaired) electrons. The van der Waals surface area contributed by atoms with Gasteiger partial charge in [-0.1, -0.05) is 24.3 Å². The molecule has 3 aromatic rings. The molecular formula is C22H22N4O3. The lowest BCUT2D eigenvalue weighted by molar-refractivity contribution is 0.0920. The number of aryl methyl sites for hydroxylation is 2. The second-order valence-electron chi connectivity index (χ2n) is 7.68. The topological polar surface area (TPSA) is 86.1 Å². The Morgan fingerprint density at radius 3 is 2.90 bits per heavy atom. The van der Waals surface area contributed by atoms with Gasteiger partial charge >= 0.3 is 0 Å². The molecule has 1 fully saturated rings. The Balaban J connectivity index is 1.39. The van der Waals surface area contributed by atoms with Gasteiger partial charge in [0.05, 0.1) is 30.5 Å². The molecule has 1 saturated heterocycles. The number of ether oxygens (including phenoxy) is 1. The van der Waals surface area contributed by atoms with Crippen LogP contribution in [0, 0.1) is 0 Å². The first-order valence-corrected chi connectivity index (χ1v) is 10.0. The summed E-state index contributed by atoms with van der Waals surface area (Å²) in [5.41, 5.74) is 3.03. The maximum Gasteiger partial charge on any atom is 0.270 e. The molecule has 148 valence electrons. The number of rotatable bonds is 3. The van der Waals surface area contributed by atoms with Crippen molar-refractivity contribution in [3.8, 4) is 0 Å². The maximum absolute atomic E-state index is 12.8. The average Bonchev–Trinajstić information content (AvgIpc) is 3.20. The van der Waals surface area contributed by atoms with E-state index in [1.54, 1.807) is 12.1 Å². The molecule has 1 amide bonds. The highest BCUT2D eigenvalue weighted by atomic mass is 16.5. The van der Waals surface area contributed by atoms with E-state index < -0.39 is 0 Å². The molecule has 2 atom stereocenters. The van der Waals surface area contributed by atoms with Crippen molar-refractivity contribution in [2.75, 3.05) is 13.2 Å². The average molecular weight is 390 g/mol. The molecule has 0 saturated carbocycles. The molecule has 1 aliphatic heterocycles. The van der Waals surface area contributed by atoms with E-state index in [-0.39, 0.29) is 23.6 Å². The minimum atomic E-state index is -0.331. The smallest absolute Gasteiger partial charge is 0.270 e. The largest absolute Gasteiger partial charge is 0.377 e. The van der Waals surface area contributed by atoms with Gasteiger partial charge in [0.2, 0.25) is 0 Å². The van der Waals surface area contributed by atoms with Crippen LogP contribution in [0.5, 0.6) is 0 Å². The summed E-state index contributed by atoms with van der Waals surface area (Å²) in [5, 5.41) is 8.60. The molecule has 1 aromatic carbocycles. The van der Waals surface area contributed by atoms with Crippen molar-refractivity contribution in [1.82, 2.24) is 20.1 Å². The van der Waals surface area contributed by atoms with E-state index in [4.69, 9.17) is 4.74 Å². The van der Waals surface area contributed by atoms with Crippen LogP contribution >= 0.6 is 0 Å². The third-order valence-electron chi connectivity index (χ3n) is 5.74. The van der Waals surface area contributed by atoms with Gasteiger partial charge in [-0.2, -0.15) is 5.10 Å². The van der Waals surface area contributed by atoms with Gasteiger partial charge in [-0.15, -0.1) is 0 Å². The Kier molecular flexibility index (Phi) is 4.60. The predicted molar refractivity (Wildman–Crippen MR) is 108 cm³/mol. The summed E-state index contributed by atoms with van der Waals surface area (Å²) in [4.78, 5) is 29.9. The summed E-state index contributed by atoms with van der Waals surface area (Å²) >= 11 is 0. The van der Waals surface area contributed by atoms with Crippen molar-refractivity contribution >= 4 is 16.8 Å². The van der Waals surface area contributed by atoms with E-state index in [1.807, 2.05) is 30.3 Å². The van der Waals surface area contributed by atoms with E-state index in [2.05, 4.69) is 15.4 Å². The van der Waals surface area contributed by atoms with Crippen molar-refractivity contribution in [3.63, 3.8) is 0 Å². The first-order valence-electron chi connectivity index (χ1n) is 10.0. The van der Waals surface area contributed by atoms with Crippen LogP contribution in [0.1, 0.15) is 40.6 Å². The van der Waals surface area contributed by atoms with Crippen LogP contribution in [0.2, 0.25) is 0 Å². The maximum atomic E-state index is 12.8. The number of nitrogens with one attached hydrogen (secondary N) is 1. The third-order valence-corrected chi connectivity index (χ3v) is 5.74. The number of hydrogen-bond acceptors (Lipinski definition) is 5. The van der Waals surface area contributed by atoms with Crippen LogP contribution in [0.4, 0.5) is 0 Å². The quantitative estimate of drug-likeness (QED) is 0.740. The van der Waals surface area contributed by atoms with Crippen molar-refractivity contribution in [3.05, 3.63) is 69.8 Å². The lowest BCUT2D eigenvalue weighted by Gasteiger charge is -2.22. The van der Waals surface area contributed by atoms with Gasteiger partial charge in [0.15, 0.2) is 0 Å². The van der Waals surface area contributed by atoms with Crippen molar-refractivity contribution in [2.45, 2.75) is 37.8 Å². The van der Waals surface area contributed by atoms with E-state index in [1.165, 1.54) is 4.68 Å². The van der Waals surface area contributed by atoms with Crippen molar-refractivity contribution in [1.29, 1.82) is 0 Å². The summed E-state index contributed by atoms with van der Waals surface area (Å²) in [6.07, 6.45) is 3.99. The SMILES string of the molecule is O=C(NC1COCC1n1nc2c(cc1=O)CCCC2)c1ccc2ccccc2n1. The molecule has 7 heteroatoms. The fourth-order valence-corrected chi connectivity index (χ4v) is 4.17. The first-order chi connectivity index (χ1) is 14.2. The predicted octanol–water partition coefficient (Wildman–Crippen LogP) is 2.04. The van der Waals surface area contributed by atoms with Gasteiger partial charge in [-0.05, 0) is 43.4 Å². The second kappa shape index (κ2) is 7.40. The van der Waals surface area contributed by atoms with E-state index in [9.17, 15) is 9.59 Å². The summed E-state index contributed by atoms with van der Waals surface area (Å²) in [5.74, 6) is -0.276. The number of aromatic nitrogens is 3.